The summed E-state index contributed by atoms with van der Waals surface area (Å²) < 4.78 is 6.11. The van der Waals surface area contributed by atoms with Gasteiger partial charge in [-0.05, 0) is 37.1 Å². The summed E-state index contributed by atoms with van der Waals surface area (Å²) in [6.45, 7) is 4.00. The fourth-order valence-corrected chi connectivity index (χ4v) is 2.37. The zero-order chi connectivity index (χ0) is 14.8. The largest absolute Gasteiger partial charge is 0.455 e. The van der Waals surface area contributed by atoms with E-state index in [1.54, 1.807) is 6.20 Å². The van der Waals surface area contributed by atoms with Gasteiger partial charge in [0.1, 0.15) is 17.4 Å². The lowest BCUT2D eigenvalue weighted by atomic mass is 10.1. The second-order valence-corrected chi connectivity index (χ2v) is 4.95. The summed E-state index contributed by atoms with van der Waals surface area (Å²) in [6, 6.07) is 15.8. The number of hydrogen-bond acceptors (Lipinski definition) is 3. The molecule has 1 heterocycles. The highest BCUT2D eigenvalue weighted by molar-refractivity contribution is 5.87. The Balaban J connectivity index is 2.22. The van der Waals surface area contributed by atoms with Crippen molar-refractivity contribution in [2.75, 3.05) is 0 Å². The van der Waals surface area contributed by atoms with Crippen LogP contribution in [0.2, 0.25) is 0 Å². The second-order valence-electron chi connectivity index (χ2n) is 4.95. The summed E-state index contributed by atoms with van der Waals surface area (Å²) in [7, 11) is 0. The Morgan fingerprint density at radius 3 is 2.38 bits per heavy atom. The SMILES string of the molecule is Cc1cccc(C)c1Oc1c(C#N)cnc2ccccc12. The number of aryl methyl sites for hydroxylation is 2. The molecule has 0 unspecified atom stereocenters. The molecule has 1 aromatic heterocycles. The van der Waals surface area contributed by atoms with Crippen LogP contribution in [-0.2, 0) is 0 Å². The first-order valence-electron chi connectivity index (χ1n) is 6.72. The van der Waals surface area contributed by atoms with E-state index in [-0.39, 0.29) is 0 Å². The summed E-state index contributed by atoms with van der Waals surface area (Å²) in [5.74, 6) is 1.37. The lowest BCUT2D eigenvalue weighted by molar-refractivity contribution is 0.478. The number of nitrogens with zero attached hydrogens (tertiary/aromatic N) is 2. The molecule has 0 fully saturated rings. The number of pyridine rings is 1. The fraction of sp³-hybridized carbons (Fsp3) is 0.111. The van der Waals surface area contributed by atoms with Gasteiger partial charge in [-0.2, -0.15) is 5.26 Å². The highest BCUT2D eigenvalue weighted by atomic mass is 16.5. The Labute approximate surface area is 123 Å². The van der Waals surface area contributed by atoms with Crippen LogP contribution >= 0.6 is 0 Å². The summed E-state index contributed by atoms with van der Waals surface area (Å²) in [6.07, 6.45) is 1.56. The van der Waals surface area contributed by atoms with Gasteiger partial charge in [0.25, 0.3) is 0 Å². The number of hydrogen-bond donors (Lipinski definition) is 0. The molecule has 3 rings (SSSR count). The van der Waals surface area contributed by atoms with Crippen LogP contribution in [0.25, 0.3) is 10.9 Å². The Bertz CT molecular complexity index is 842. The van der Waals surface area contributed by atoms with Crippen molar-refractivity contribution in [1.82, 2.24) is 4.98 Å². The minimum Gasteiger partial charge on any atom is -0.455 e. The molecule has 3 heteroatoms. The van der Waals surface area contributed by atoms with Crippen molar-refractivity contribution in [3.8, 4) is 17.6 Å². The lowest BCUT2D eigenvalue weighted by Crippen LogP contribution is -1.95. The number of aromatic nitrogens is 1. The predicted octanol–water partition coefficient (Wildman–Crippen LogP) is 4.52. The van der Waals surface area contributed by atoms with Gasteiger partial charge in [0.05, 0.1) is 5.52 Å². The number of rotatable bonds is 2. The predicted molar refractivity (Wildman–Crippen MR) is 82.4 cm³/mol. The van der Waals surface area contributed by atoms with Gasteiger partial charge < -0.3 is 4.74 Å². The standard InChI is InChI=1S/C18H14N2O/c1-12-6-5-7-13(2)17(12)21-18-14(10-19)11-20-16-9-4-3-8-15(16)18/h3-9,11H,1-2H3. The van der Waals surface area contributed by atoms with Gasteiger partial charge in [-0.1, -0.05) is 30.3 Å². The zero-order valence-corrected chi connectivity index (χ0v) is 11.9. The van der Waals surface area contributed by atoms with Gasteiger partial charge in [-0.15, -0.1) is 0 Å². The van der Waals surface area contributed by atoms with Crippen molar-refractivity contribution in [3.63, 3.8) is 0 Å². The molecule has 0 spiro atoms. The molecule has 0 bridgehead atoms. The van der Waals surface area contributed by atoms with Gasteiger partial charge in [0, 0.05) is 11.6 Å². The van der Waals surface area contributed by atoms with Gasteiger partial charge >= 0.3 is 0 Å². The molecule has 3 aromatic rings. The monoisotopic (exact) mass is 274 g/mol. The maximum absolute atomic E-state index is 9.32. The van der Waals surface area contributed by atoms with E-state index in [2.05, 4.69) is 11.1 Å². The van der Waals surface area contributed by atoms with Crippen LogP contribution in [0.4, 0.5) is 0 Å². The molecular weight excluding hydrogens is 260 g/mol. The van der Waals surface area contributed by atoms with Crippen LogP contribution < -0.4 is 4.74 Å². The quantitative estimate of drug-likeness (QED) is 0.690. The molecular formula is C18H14N2O. The van der Waals surface area contributed by atoms with Crippen molar-refractivity contribution in [1.29, 1.82) is 5.26 Å². The van der Waals surface area contributed by atoms with Crippen LogP contribution in [0.3, 0.4) is 0 Å². The number of benzene rings is 2. The van der Waals surface area contributed by atoms with E-state index >= 15 is 0 Å². The molecule has 21 heavy (non-hydrogen) atoms. The molecule has 0 atom stereocenters. The summed E-state index contributed by atoms with van der Waals surface area (Å²) in [5, 5.41) is 10.2. The van der Waals surface area contributed by atoms with Crippen LogP contribution in [-0.4, -0.2) is 4.98 Å². The average molecular weight is 274 g/mol. The van der Waals surface area contributed by atoms with E-state index in [1.165, 1.54) is 0 Å². The van der Waals surface area contributed by atoms with Gasteiger partial charge in [0.15, 0.2) is 5.75 Å². The Hall–Kier alpha value is -2.86. The molecule has 0 aliphatic rings. The van der Waals surface area contributed by atoms with E-state index in [1.807, 2.05) is 56.3 Å². The van der Waals surface area contributed by atoms with E-state index < -0.39 is 0 Å². The van der Waals surface area contributed by atoms with E-state index in [0.29, 0.717) is 11.3 Å². The van der Waals surface area contributed by atoms with Crippen molar-refractivity contribution < 1.29 is 4.74 Å². The van der Waals surface area contributed by atoms with E-state index in [4.69, 9.17) is 4.74 Å². The minimum atomic E-state index is 0.441. The van der Waals surface area contributed by atoms with Crippen LogP contribution in [0, 0.1) is 25.2 Å². The van der Waals surface area contributed by atoms with E-state index in [0.717, 1.165) is 27.8 Å². The highest BCUT2D eigenvalue weighted by Crippen LogP contribution is 2.35. The topological polar surface area (TPSA) is 45.9 Å². The Morgan fingerprint density at radius 1 is 0.952 bits per heavy atom. The van der Waals surface area contributed by atoms with Gasteiger partial charge in [-0.3, -0.25) is 4.98 Å². The van der Waals surface area contributed by atoms with Crippen molar-refractivity contribution in [3.05, 3.63) is 65.4 Å². The normalized spacial score (nSPS) is 10.3. The number of nitriles is 1. The average Bonchev–Trinajstić information content (AvgIpc) is 2.51. The summed E-state index contributed by atoms with van der Waals surface area (Å²) >= 11 is 0. The fourth-order valence-electron chi connectivity index (χ4n) is 2.37. The van der Waals surface area contributed by atoms with Crippen molar-refractivity contribution >= 4 is 10.9 Å². The number of para-hydroxylation sites is 2. The third kappa shape index (κ3) is 2.32. The first kappa shape index (κ1) is 13.1. The summed E-state index contributed by atoms with van der Waals surface area (Å²) in [4.78, 5) is 4.30. The molecule has 0 radical (unpaired) electrons. The van der Waals surface area contributed by atoms with Crippen LogP contribution in [0.1, 0.15) is 16.7 Å². The van der Waals surface area contributed by atoms with Gasteiger partial charge in [-0.25, -0.2) is 0 Å². The van der Waals surface area contributed by atoms with Crippen LogP contribution in [0.15, 0.2) is 48.7 Å². The molecule has 2 aromatic carbocycles. The first-order valence-corrected chi connectivity index (χ1v) is 6.72. The molecule has 3 nitrogen and oxygen atoms in total. The third-order valence-electron chi connectivity index (χ3n) is 3.46. The number of fused-ring (bicyclic) bond motifs is 1. The highest BCUT2D eigenvalue weighted by Gasteiger charge is 2.13. The molecule has 0 aliphatic carbocycles. The maximum Gasteiger partial charge on any atom is 0.156 e. The molecule has 0 saturated carbocycles. The smallest absolute Gasteiger partial charge is 0.156 e. The van der Waals surface area contributed by atoms with E-state index in [9.17, 15) is 5.26 Å². The van der Waals surface area contributed by atoms with Gasteiger partial charge in [0.2, 0.25) is 0 Å². The minimum absolute atomic E-state index is 0.441. The summed E-state index contributed by atoms with van der Waals surface area (Å²) in [5.41, 5.74) is 3.34. The number of ether oxygens (including phenoxy) is 1. The maximum atomic E-state index is 9.32. The molecule has 0 saturated heterocycles. The van der Waals surface area contributed by atoms with Crippen molar-refractivity contribution in [2.24, 2.45) is 0 Å². The first-order chi connectivity index (χ1) is 10.2. The molecule has 0 aliphatic heterocycles. The molecule has 102 valence electrons. The Morgan fingerprint density at radius 2 is 1.67 bits per heavy atom. The third-order valence-corrected chi connectivity index (χ3v) is 3.46. The van der Waals surface area contributed by atoms with Crippen molar-refractivity contribution in [2.45, 2.75) is 13.8 Å². The Kier molecular flexibility index (Phi) is 3.29. The van der Waals surface area contributed by atoms with Crippen LogP contribution in [0.5, 0.6) is 11.5 Å². The lowest BCUT2D eigenvalue weighted by Gasteiger charge is -2.14. The zero-order valence-electron chi connectivity index (χ0n) is 11.9. The molecule has 0 amide bonds. The second kappa shape index (κ2) is 5.26. The molecule has 0 N–H and O–H groups in total.